The molecule has 4 rings (SSSR count). The Kier molecular flexibility index (Phi) is 6.45. The summed E-state index contributed by atoms with van der Waals surface area (Å²) >= 11 is 1.51. The van der Waals surface area contributed by atoms with Gasteiger partial charge in [-0.2, -0.15) is 5.10 Å². The number of benzene rings is 2. The highest BCUT2D eigenvalue weighted by Crippen LogP contribution is 2.32. The summed E-state index contributed by atoms with van der Waals surface area (Å²) in [4.78, 5) is 18.6. The second kappa shape index (κ2) is 9.59. The van der Waals surface area contributed by atoms with Crippen LogP contribution in [-0.4, -0.2) is 38.8 Å². The van der Waals surface area contributed by atoms with E-state index in [0.29, 0.717) is 5.56 Å². The molecule has 0 aliphatic heterocycles. The van der Waals surface area contributed by atoms with E-state index in [2.05, 4.69) is 20.5 Å². The van der Waals surface area contributed by atoms with Crippen molar-refractivity contribution in [3.63, 3.8) is 0 Å². The number of aromatic nitrogens is 3. The number of aliphatic hydroxyl groups is 1. The van der Waals surface area contributed by atoms with Gasteiger partial charge in [0.1, 0.15) is 0 Å². The summed E-state index contributed by atoms with van der Waals surface area (Å²) in [5, 5.41) is 20.7. The Morgan fingerprint density at radius 1 is 1.16 bits per heavy atom. The van der Waals surface area contributed by atoms with Crippen molar-refractivity contribution in [3.8, 4) is 0 Å². The molecule has 4 aromatic rings. The highest BCUT2D eigenvalue weighted by atomic mass is 32.2. The fraction of sp³-hybridized carbons (Fsp3) is 0.125. The number of amides is 1. The summed E-state index contributed by atoms with van der Waals surface area (Å²) in [6.07, 6.45) is 5.04. The van der Waals surface area contributed by atoms with E-state index in [9.17, 15) is 9.90 Å². The standard InChI is InChI=1S/C24H22N4O2S/c1-16(29)15-26-24(30)20-7-2-3-8-23(20)31-18-10-11-19-21(27-28-22(19)14-18)12-9-17-6-4-5-13-25-17/h2-14,16,29H,15H2,1H3,(H,26,30)(H,27,28)/b12-9+/t16-/m1/s1. The molecule has 0 aliphatic carbocycles. The minimum absolute atomic E-state index is 0.200. The highest BCUT2D eigenvalue weighted by molar-refractivity contribution is 7.99. The van der Waals surface area contributed by atoms with Crippen molar-refractivity contribution in [2.45, 2.75) is 22.8 Å². The van der Waals surface area contributed by atoms with Crippen LogP contribution in [0.2, 0.25) is 0 Å². The Morgan fingerprint density at radius 3 is 2.81 bits per heavy atom. The van der Waals surface area contributed by atoms with Crippen LogP contribution in [0.1, 0.15) is 28.7 Å². The molecule has 0 spiro atoms. The lowest BCUT2D eigenvalue weighted by molar-refractivity contribution is 0.0921. The van der Waals surface area contributed by atoms with Gasteiger partial charge in [0, 0.05) is 27.9 Å². The molecule has 156 valence electrons. The van der Waals surface area contributed by atoms with Crippen molar-refractivity contribution in [1.29, 1.82) is 0 Å². The third-order valence-electron chi connectivity index (χ3n) is 4.58. The van der Waals surface area contributed by atoms with E-state index in [4.69, 9.17) is 0 Å². The summed E-state index contributed by atoms with van der Waals surface area (Å²) in [5.41, 5.74) is 3.21. The smallest absolute Gasteiger partial charge is 0.252 e. The number of hydrogen-bond acceptors (Lipinski definition) is 5. The van der Waals surface area contributed by atoms with Crippen molar-refractivity contribution < 1.29 is 9.90 Å². The molecule has 6 nitrogen and oxygen atoms in total. The summed E-state index contributed by atoms with van der Waals surface area (Å²) in [6, 6.07) is 19.3. The molecule has 2 aromatic heterocycles. The van der Waals surface area contributed by atoms with Gasteiger partial charge in [-0.15, -0.1) is 0 Å². The van der Waals surface area contributed by atoms with Crippen LogP contribution in [0, 0.1) is 0 Å². The molecule has 0 radical (unpaired) electrons. The zero-order chi connectivity index (χ0) is 21.6. The average Bonchev–Trinajstić information content (AvgIpc) is 3.19. The van der Waals surface area contributed by atoms with Gasteiger partial charge in [-0.25, -0.2) is 0 Å². The van der Waals surface area contributed by atoms with Crippen LogP contribution in [-0.2, 0) is 0 Å². The molecule has 31 heavy (non-hydrogen) atoms. The maximum atomic E-state index is 12.5. The molecular weight excluding hydrogens is 408 g/mol. The van der Waals surface area contributed by atoms with Crippen molar-refractivity contribution in [2.24, 2.45) is 0 Å². The Balaban J connectivity index is 1.54. The van der Waals surface area contributed by atoms with Crippen molar-refractivity contribution in [2.75, 3.05) is 6.54 Å². The minimum atomic E-state index is -0.590. The normalized spacial score (nSPS) is 12.3. The number of pyridine rings is 1. The predicted octanol–water partition coefficient (Wildman–Crippen LogP) is 4.39. The first-order chi connectivity index (χ1) is 15.1. The fourth-order valence-corrected chi connectivity index (χ4v) is 4.04. The van der Waals surface area contributed by atoms with E-state index >= 15 is 0 Å². The monoisotopic (exact) mass is 430 g/mol. The van der Waals surface area contributed by atoms with E-state index in [1.54, 1.807) is 19.2 Å². The lowest BCUT2D eigenvalue weighted by Crippen LogP contribution is -2.30. The number of nitrogens with zero attached hydrogens (tertiary/aromatic N) is 2. The van der Waals surface area contributed by atoms with E-state index < -0.39 is 6.10 Å². The molecular formula is C24H22N4O2S. The fourth-order valence-electron chi connectivity index (χ4n) is 3.06. The first kappa shape index (κ1) is 20.8. The van der Waals surface area contributed by atoms with Gasteiger partial charge in [0.25, 0.3) is 5.91 Å². The van der Waals surface area contributed by atoms with Gasteiger partial charge in [-0.05, 0) is 61.5 Å². The molecule has 3 N–H and O–H groups in total. The molecule has 0 bridgehead atoms. The Morgan fingerprint density at radius 2 is 2.00 bits per heavy atom. The second-order valence-corrected chi connectivity index (χ2v) is 8.18. The number of fused-ring (bicyclic) bond motifs is 1. The summed E-state index contributed by atoms with van der Waals surface area (Å²) in [7, 11) is 0. The molecule has 0 saturated heterocycles. The van der Waals surface area contributed by atoms with Crippen LogP contribution in [0.5, 0.6) is 0 Å². The van der Waals surface area contributed by atoms with Crippen LogP contribution in [0.3, 0.4) is 0 Å². The van der Waals surface area contributed by atoms with Gasteiger partial charge >= 0.3 is 0 Å². The Hall–Kier alpha value is -3.42. The van der Waals surface area contributed by atoms with Crippen LogP contribution in [0.4, 0.5) is 0 Å². The number of nitrogens with one attached hydrogen (secondary N) is 2. The number of aromatic amines is 1. The van der Waals surface area contributed by atoms with Crippen molar-refractivity contribution in [1.82, 2.24) is 20.5 Å². The molecule has 1 amide bonds. The van der Waals surface area contributed by atoms with Crippen LogP contribution in [0.25, 0.3) is 23.1 Å². The number of hydrogen-bond donors (Lipinski definition) is 3. The predicted molar refractivity (Wildman–Crippen MR) is 124 cm³/mol. The van der Waals surface area contributed by atoms with Crippen molar-refractivity contribution >= 4 is 40.7 Å². The molecule has 1 atom stereocenters. The second-order valence-electron chi connectivity index (χ2n) is 7.06. The number of rotatable bonds is 7. The van der Waals surface area contributed by atoms with E-state index in [-0.39, 0.29) is 12.5 Å². The first-order valence-corrected chi connectivity index (χ1v) is 10.7. The molecule has 7 heteroatoms. The summed E-state index contributed by atoms with van der Waals surface area (Å²) in [6.45, 7) is 1.85. The van der Waals surface area contributed by atoms with Crippen LogP contribution in [0.15, 0.2) is 76.7 Å². The van der Waals surface area contributed by atoms with E-state index in [1.807, 2.05) is 66.7 Å². The Bertz CT molecular complexity index is 1220. The molecule has 0 saturated carbocycles. The van der Waals surface area contributed by atoms with Gasteiger partial charge in [-0.3, -0.25) is 14.9 Å². The molecule has 2 heterocycles. The number of H-pyrrole nitrogens is 1. The van der Waals surface area contributed by atoms with Gasteiger partial charge in [0.2, 0.25) is 0 Å². The minimum Gasteiger partial charge on any atom is -0.392 e. The summed E-state index contributed by atoms with van der Waals surface area (Å²) < 4.78 is 0. The lowest BCUT2D eigenvalue weighted by atomic mass is 10.2. The lowest BCUT2D eigenvalue weighted by Gasteiger charge is -2.11. The van der Waals surface area contributed by atoms with Gasteiger partial charge < -0.3 is 10.4 Å². The number of carbonyl (C=O) groups is 1. The van der Waals surface area contributed by atoms with Gasteiger partial charge in [-0.1, -0.05) is 30.0 Å². The Labute approximate surface area is 184 Å². The molecule has 0 fully saturated rings. The van der Waals surface area contributed by atoms with Crippen molar-refractivity contribution in [3.05, 3.63) is 83.8 Å². The topological polar surface area (TPSA) is 90.9 Å². The number of aliphatic hydroxyl groups excluding tert-OH is 1. The van der Waals surface area contributed by atoms with Gasteiger partial charge in [0.15, 0.2) is 0 Å². The number of carbonyl (C=O) groups excluding carboxylic acids is 1. The zero-order valence-electron chi connectivity index (χ0n) is 16.9. The first-order valence-electron chi connectivity index (χ1n) is 9.90. The maximum absolute atomic E-state index is 12.5. The maximum Gasteiger partial charge on any atom is 0.252 e. The van der Waals surface area contributed by atoms with Gasteiger partial charge in [0.05, 0.1) is 28.6 Å². The summed E-state index contributed by atoms with van der Waals surface area (Å²) in [5.74, 6) is -0.200. The van der Waals surface area contributed by atoms with E-state index in [1.165, 1.54) is 11.8 Å². The highest BCUT2D eigenvalue weighted by Gasteiger charge is 2.13. The molecule has 0 aliphatic rings. The zero-order valence-corrected chi connectivity index (χ0v) is 17.8. The molecule has 2 aromatic carbocycles. The SMILES string of the molecule is C[C@@H](O)CNC(=O)c1ccccc1Sc1ccc2c(/C=C/c3ccccn3)n[nH]c2c1. The largest absolute Gasteiger partial charge is 0.392 e. The van der Waals surface area contributed by atoms with Crippen LogP contribution < -0.4 is 5.32 Å². The molecule has 0 unspecified atom stereocenters. The van der Waals surface area contributed by atoms with E-state index in [0.717, 1.165) is 32.1 Å². The van der Waals surface area contributed by atoms with Crippen LogP contribution >= 0.6 is 11.8 Å². The third-order valence-corrected chi connectivity index (χ3v) is 5.65. The average molecular weight is 431 g/mol. The third kappa shape index (κ3) is 5.20. The quantitative estimate of drug-likeness (QED) is 0.405.